The monoisotopic (exact) mass is 298 g/mol. The number of carboxylic acids is 1. The van der Waals surface area contributed by atoms with Gasteiger partial charge in [-0.2, -0.15) is 10.3 Å². The maximum atomic E-state index is 12.1. The van der Waals surface area contributed by atoms with Gasteiger partial charge in [0.1, 0.15) is 5.60 Å². The maximum absolute atomic E-state index is 12.1. The third-order valence-electron chi connectivity index (χ3n) is 2.81. The number of likely N-dealkylation sites (N-methyl/N-ethyl adjacent to an activating group) is 1. The van der Waals surface area contributed by atoms with Crippen LogP contribution in [0.2, 0.25) is 0 Å². The number of hydrogen-bond acceptors (Lipinski definition) is 5. The number of hydrogen-bond donors (Lipinski definition) is 2. The molecule has 0 aliphatic heterocycles. The zero-order chi connectivity index (χ0) is 16.2. The minimum absolute atomic E-state index is 0.123. The summed E-state index contributed by atoms with van der Waals surface area (Å²) >= 11 is 0. The van der Waals surface area contributed by atoms with Crippen LogP contribution in [0.1, 0.15) is 50.8 Å². The number of aromatic carboxylic acids is 1. The maximum Gasteiger partial charge on any atom is 0.410 e. The predicted octanol–water partition coefficient (Wildman–Crippen LogP) is 1.69. The fraction of sp³-hybridized carbons (Fsp3) is 0.692. The fourth-order valence-electron chi connectivity index (χ4n) is 1.90. The Bertz CT molecular complexity index is 507. The first-order valence-corrected chi connectivity index (χ1v) is 6.78. The van der Waals surface area contributed by atoms with Crippen molar-refractivity contribution in [3.8, 4) is 0 Å². The van der Waals surface area contributed by atoms with Gasteiger partial charge in [-0.25, -0.2) is 9.59 Å². The lowest BCUT2D eigenvalue weighted by atomic mass is 10.1. The van der Waals surface area contributed by atoms with Crippen molar-refractivity contribution in [2.24, 2.45) is 0 Å². The lowest BCUT2D eigenvalue weighted by molar-refractivity contribution is 0.0188. The van der Waals surface area contributed by atoms with Crippen LogP contribution in [0.5, 0.6) is 0 Å². The third-order valence-corrected chi connectivity index (χ3v) is 2.81. The highest BCUT2D eigenvalue weighted by Gasteiger charge is 2.27. The van der Waals surface area contributed by atoms with Crippen LogP contribution in [-0.2, 0) is 11.2 Å². The number of H-pyrrole nitrogens is 1. The Morgan fingerprint density at radius 3 is 2.48 bits per heavy atom. The molecule has 0 bridgehead atoms. The second kappa shape index (κ2) is 6.55. The molecule has 8 nitrogen and oxygen atoms in total. The van der Waals surface area contributed by atoms with Gasteiger partial charge in [0.05, 0.1) is 5.69 Å². The molecule has 0 aliphatic rings. The van der Waals surface area contributed by atoms with Crippen molar-refractivity contribution < 1.29 is 19.4 Å². The number of carbonyl (C=O) groups is 2. The molecule has 0 saturated heterocycles. The molecular weight excluding hydrogens is 276 g/mol. The van der Waals surface area contributed by atoms with Crippen LogP contribution in [0, 0.1) is 0 Å². The highest BCUT2D eigenvalue weighted by Crippen LogP contribution is 2.14. The van der Waals surface area contributed by atoms with Crippen LogP contribution in [0.15, 0.2) is 0 Å². The van der Waals surface area contributed by atoms with Crippen LogP contribution in [0.4, 0.5) is 4.79 Å². The molecule has 1 atom stereocenters. The number of aromatic nitrogens is 3. The molecule has 1 amide bonds. The van der Waals surface area contributed by atoms with E-state index < -0.39 is 17.7 Å². The zero-order valence-corrected chi connectivity index (χ0v) is 13.0. The molecule has 1 aromatic heterocycles. The summed E-state index contributed by atoms with van der Waals surface area (Å²) in [4.78, 5) is 24.7. The molecular formula is C13H22N4O4. The van der Waals surface area contributed by atoms with Crippen molar-refractivity contribution in [1.29, 1.82) is 0 Å². The SMILES string of the molecule is CCN(C(=O)OC(C)(C)C)C(C)Cc1n[nH]nc1C(=O)O. The Balaban J connectivity index is 2.80. The lowest BCUT2D eigenvalue weighted by Gasteiger charge is -2.30. The summed E-state index contributed by atoms with van der Waals surface area (Å²) in [6.45, 7) is 9.49. The Labute approximate surface area is 123 Å². The first-order valence-electron chi connectivity index (χ1n) is 6.78. The van der Waals surface area contributed by atoms with E-state index >= 15 is 0 Å². The van der Waals surface area contributed by atoms with Gasteiger partial charge in [0, 0.05) is 19.0 Å². The van der Waals surface area contributed by atoms with E-state index in [0.29, 0.717) is 12.2 Å². The average molecular weight is 298 g/mol. The molecule has 0 saturated carbocycles. The van der Waals surface area contributed by atoms with Crippen molar-refractivity contribution in [2.75, 3.05) is 6.54 Å². The van der Waals surface area contributed by atoms with Crippen molar-refractivity contribution >= 4 is 12.1 Å². The van der Waals surface area contributed by atoms with E-state index in [9.17, 15) is 9.59 Å². The number of amides is 1. The molecule has 8 heteroatoms. The molecule has 118 valence electrons. The summed E-state index contributed by atoms with van der Waals surface area (Å²) in [7, 11) is 0. The highest BCUT2D eigenvalue weighted by molar-refractivity contribution is 5.86. The molecule has 21 heavy (non-hydrogen) atoms. The summed E-state index contributed by atoms with van der Waals surface area (Å²) in [6.07, 6.45) is -0.150. The van der Waals surface area contributed by atoms with Gasteiger partial charge in [0.2, 0.25) is 0 Å². The number of nitrogens with zero attached hydrogens (tertiary/aromatic N) is 3. The Morgan fingerprint density at radius 1 is 1.38 bits per heavy atom. The Morgan fingerprint density at radius 2 is 2.00 bits per heavy atom. The highest BCUT2D eigenvalue weighted by atomic mass is 16.6. The minimum atomic E-state index is -1.15. The van der Waals surface area contributed by atoms with E-state index in [0.717, 1.165) is 0 Å². The van der Waals surface area contributed by atoms with Crippen LogP contribution >= 0.6 is 0 Å². The normalized spacial score (nSPS) is 12.8. The number of ether oxygens (including phenoxy) is 1. The van der Waals surface area contributed by atoms with E-state index in [2.05, 4.69) is 15.4 Å². The standard InChI is InChI=1S/C13H22N4O4/c1-6-17(12(20)21-13(3,4)5)8(2)7-9-10(11(18)19)15-16-14-9/h8H,6-7H2,1-5H3,(H,18,19)(H,14,15,16). The summed E-state index contributed by atoms with van der Waals surface area (Å²) in [5.74, 6) is -1.15. The zero-order valence-electron chi connectivity index (χ0n) is 13.0. The van der Waals surface area contributed by atoms with Crippen molar-refractivity contribution in [3.63, 3.8) is 0 Å². The molecule has 0 fully saturated rings. The van der Waals surface area contributed by atoms with Crippen molar-refractivity contribution in [1.82, 2.24) is 20.3 Å². The van der Waals surface area contributed by atoms with Gasteiger partial charge in [-0.05, 0) is 34.6 Å². The molecule has 1 rings (SSSR count). The number of rotatable bonds is 5. The third kappa shape index (κ3) is 4.73. The van der Waals surface area contributed by atoms with Crippen LogP contribution in [0.25, 0.3) is 0 Å². The number of nitrogens with one attached hydrogen (secondary N) is 1. The van der Waals surface area contributed by atoms with E-state index in [1.807, 2.05) is 13.8 Å². The molecule has 1 heterocycles. The quantitative estimate of drug-likeness (QED) is 0.856. The van der Waals surface area contributed by atoms with Gasteiger partial charge in [-0.1, -0.05) is 0 Å². The van der Waals surface area contributed by atoms with E-state index in [1.54, 1.807) is 20.8 Å². The minimum Gasteiger partial charge on any atom is -0.476 e. The Hall–Kier alpha value is -2.12. The first kappa shape index (κ1) is 16.9. The number of aromatic amines is 1. The van der Waals surface area contributed by atoms with Gasteiger partial charge in [0.25, 0.3) is 0 Å². The van der Waals surface area contributed by atoms with E-state index in [1.165, 1.54) is 4.90 Å². The van der Waals surface area contributed by atoms with Crippen LogP contribution in [-0.4, -0.2) is 55.7 Å². The Kier molecular flexibility index (Phi) is 5.28. The lowest BCUT2D eigenvalue weighted by Crippen LogP contribution is -2.43. The smallest absolute Gasteiger partial charge is 0.410 e. The molecule has 1 unspecified atom stereocenters. The predicted molar refractivity (Wildman–Crippen MR) is 75.1 cm³/mol. The number of carbonyl (C=O) groups excluding carboxylic acids is 1. The van der Waals surface area contributed by atoms with Gasteiger partial charge in [0.15, 0.2) is 5.69 Å². The topological polar surface area (TPSA) is 108 Å². The summed E-state index contributed by atoms with van der Waals surface area (Å²) in [5.41, 5.74) is -0.385. The van der Waals surface area contributed by atoms with E-state index in [-0.39, 0.29) is 18.2 Å². The van der Waals surface area contributed by atoms with Gasteiger partial charge >= 0.3 is 12.1 Å². The van der Waals surface area contributed by atoms with E-state index in [4.69, 9.17) is 9.84 Å². The largest absolute Gasteiger partial charge is 0.476 e. The first-order chi connectivity index (χ1) is 9.65. The molecule has 0 spiro atoms. The second-order valence-electron chi connectivity index (χ2n) is 5.74. The molecule has 0 radical (unpaired) electrons. The summed E-state index contributed by atoms with van der Waals surface area (Å²) in [6, 6.07) is -0.256. The summed E-state index contributed by atoms with van der Waals surface area (Å²) in [5, 5.41) is 18.7. The number of carboxylic acid groups (broad SMARTS) is 1. The van der Waals surface area contributed by atoms with Gasteiger partial charge in [-0.3, -0.25) is 0 Å². The molecule has 2 N–H and O–H groups in total. The average Bonchev–Trinajstić information content (AvgIpc) is 2.75. The van der Waals surface area contributed by atoms with Gasteiger partial charge < -0.3 is 14.7 Å². The van der Waals surface area contributed by atoms with Gasteiger partial charge in [-0.15, -0.1) is 5.10 Å². The molecule has 0 aliphatic carbocycles. The van der Waals surface area contributed by atoms with Crippen molar-refractivity contribution in [2.45, 2.75) is 52.7 Å². The second-order valence-corrected chi connectivity index (χ2v) is 5.74. The van der Waals surface area contributed by atoms with Crippen LogP contribution in [0.3, 0.4) is 0 Å². The van der Waals surface area contributed by atoms with Crippen molar-refractivity contribution in [3.05, 3.63) is 11.4 Å². The fourth-order valence-corrected chi connectivity index (χ4v) is 1.90. The molecule has 1 aromatic rings. The van der Waals surface area contributed by atoms with Crippen LogP contribution < -0.4 is 0 Å². The summed E-state index contributed by atoms with van der Waals surface area (Å²) < 4.78 is 5.34. The molecule has 0 aromatic carbocycles.